The molecule has 27 heavy (non-hydrogen) atoms. The van der Waals surface area contributed by atoms with Crippen molar-refractivity contribution in [1.29, 1.82) is 0 Å². The summed E-state index contributed by atoms with van der Waals surface area (Å²) in [5.41, 5.74) is 5.29. The number of hydrogen-bond acceptors (Lipinski definition) is 4. The van der Waals surface area contributed by atoms with Crippen molar-refractivity contribution < 1.29 is 4.79 Å². The van der Waals surface area contributed by atoms with E-state index in [4.69, 9.17) is 5.73 Å². The maximum absolute atomic E-state index is 13.0. The predicted molar refractivity (Wildman–Crippen MR) is 109 cm³/mol. The van der Waals surface area contributed by atoms with Gasteiger partial charge < -0.3 is 10.6 Å². The molecule has 1 amide bonds. The lowest BCUT2D eigenvalue weighted by Crippen LogP contribution is -2.42. The summed E-state index contributed by atoms with van der Waals surface area (Å²) < 4.78 is 1.38. The standard InChI is InChI=1S/C20H34N4O3/c1-3-5-9-13-23(16(25)14-15-10-7-8-11-15)17-18(21)24(12-6-4-2)20(27)22-19(17)26/h15H,3-14,21H2,1-2H3,(H,22,26,27). The number of nitrogens with one attached hydrogen (secondary N) is 1. The van der Waals surface area contributed by atoms with Gasteiger partial charge in [0.05, 0.1) is 0 Å². The predicted octanol–water partition coefficient (Wildman–Crippen LogP) is 3.02. The van der Waals surface area contributed by atoms with Crippen LogP contribution in [-0.4, -0.2) is 22.0 Å². The first-order valence-electron chi connectivity index (χ1n) is 10.4. The van der Waals surface area contributed by atoms with E-state index in [9.17, 15) is 14.4 Å². The molecule has 0 aromatic carbocycles. The average Bonchev–Trinajstić information content (AvgIpc) is 3.13. The lowest BCUT2D eigenvalue weighted by atomic mass is 10.0. The Morgan fingerprint density at radius 3 is 2.44 bits per heavy atom. The van der Waals surface area contributed by atoms with Gasteiger partial charge in [0, 0.05) is 19.5 Å². The number of nitrogens with two attached hydrogens (primary N) is 1. The Morgan fingerprint density at radius 1 is 1.15 bits per heavy atom. The Kier molecular flexibility index (Phi) is 8.13. The summed E-state index contributed by atoms with van der Waals surface area (Å²) in [7, 11) is 0. The number of H-pyrrole nitrogens is 1. The molecule has 3 N–H and O–H groups in total. The first kappa shape index (κ1) is 21.3. The van der Waals surface area contributed by atoms with Gasteiger partial charge in [-0.3, -0.25) is 19.1 Å². The summed E-state index contributed by atoms with van der Waals surface area (Å²) in [5.74, 6) is 0.432. The highest BCUT2D eigenvalue weighted by Crippen LogP contribution is 2.29. The van der Waals surface area contributed by atoms with Crippen molar-refractivity contribution in [1.82, 2.24) is 9.55 Å². The fraction of sp³-hybridized carbons (Fsp3) is 0.750. The van der Waals surface area contributed by atoms with Crippen LogP contribution >= 0.6 is 0 Å². The van der Waals surface area contributed by atoms with E-state index in [1.54, 1.807) is 0 Å². The molecule has 7 heteroatoms. The van der Waals surface area contributed by atoms with E-state index < -0.39 is 11.2 Å². The molecule has 0 aliphatic heterocycles. The second-order valence-corrected chi connectivity index (χ2v) is 7.61. The van der Waals surface area contributed by atoms with Crippen LogP contribution in [0.15, 0.2) is 9.59 Å². The van der Waals surface area contributed by atoms with E-state index in [0.717, 1.165) is 44.9 Å². The molecule has 1 fully saturated rings. The van der Waals surface area contributed by atoms with Crippen molar-refractivity contribution in [2.75, 3.05) is 17.2 Å². The molecular weight excluding hydrogens is 344 g/mol. The third-order valence-corrected chi connectivity index (χ3v) is 5.44. The summed E-state index contributed by atoms with van der Waals surface area (Å²) in [5, 5.41) is 0. The van der Waals surface area contributed by atoms with E-state index in [1.165, 1.54) is 22.3 Å². The van der Waals surface area contributed by atoms with Crippen LogP contribution in [0.1, 0.15) is 78.1 Å². The van der Waals surface area contributed by atoms with Crippen LogP contribution in [-0.2, 0) is 11.3 Å². The number of anilines is 2. The minimum absolute atomic E-state index is 0.0594. The fourth-order valence-electron chi connectivity index (χ4n) is 3.83. The minimum Gasteiger partial charge on any atom is -0.383 e. The first-order valence-corrected chi connectivity index (χ1v) is 10.4. The van der Waals surface area contributed by atoms with Crippen molar-refractivity contribution in [2.24, 2.45) is 5.92 Å². The Bertz CT molecular complexity index is 732. The van der Waals surface area contributed by atoms with Gasteiger partial charge in [0.1, 0.15) is 5.82 Å². The van der Waals surface area contributed by atoms with E-state index in [0.29, 0.717) is 25.4 Å². The minimum atomic E-state index is -0.568. The van der Waals surface area contributed by atoms with Gasteiger partial charge in [0.25, 0.3) is 5.56 Å². The highest BCUT2D eigenvalue weighted by atomic mass is 16.2. The number of aromatic nitrogens is 2. The van der Waals surface area contributed by atoms with E-state index in [-0.39, 0.29) is 17.4 Å². The second kappa shape index (κ2) is 10.3. The van der Waals surface area contributed by atoms with Crippen LogP contribution in [0.4, 0.5) is 11.5 Å². The molecule has 0 saturated heterocycles. The number of amides is 1. The van der Waals surface area contributed by atoms with Gasteiger partial charge in [-0.2, -0.15) is 0 Å². The highest BCUT2D eigenvalue weighted by Gasteiger charge is 2.27. The van der Waals surface area contributed by atoms with Crippen molar-refractivity contribution in [3.63, 3.8) is 0 Å². The van der Waals surface area contributed by atoms with Gasteiger partial charge in [0.15, 0.2) is 5.69 Å². The van der Waals surface area contributed by atoms with Crippen LogP contribution in [0.3, 0.4) is 0 Å². The van der Waals surface area contributed by atoms with E-state index >= 15 is 0 Å². The topological polar surface area (TPSA) is 101 Å². The van der Waals surface area contributed by atoms with Gasteiger partial charge in [-0.25, -0.2) is 4.79 Å². The molecule has 7 nitrogen and oxygen atoms in total. The average molecular weight is 379 g/mol. The molecule has 1 aliphatic rings. The first-order chi connectivity index (χ1) is 13.0. The number of carbonyl (C=O) groups excluding carboxylic acids is 1. The van der Waals surface area contributed by atoms with Crippen molar-refractivity contribution in [3.05, 3.63) is 20.8 Å². The molecule has 0 unspecified atom stereocenters. The van der Waals surface area contributed by atoms with Gasteiger partial charge in [0.2, 0.25) is 5.91 Å². The maximum atomic E-state index is 13.0. The van der Waals surface area contributed by atoms with Gasteiger partial charge in [-0.15, -0.1) is 0 Å². The number of aromatic amines is 1. The Morgan fingerprint density at radius 2 is 1.81 bits per heavy atom. The van der Waals surface area contributed by atoms with Crippen molar-refractivity contribution in [2.45, 2.75) is 84.6 Å². The lowest BCUT2D eigenvalue weighted by molar-refractivity contribution is -0.119. The molecule has 152 valence electrons. The molecule has 1 aliphatic carbocycles. The summed E-state index contributed by atoms with van der Waals surface area (Å²) >= 11 is 0. The largest absolute Gasteiger partial charge is 0.383 e. The zero-order valence-electron chi connectivity index (χ0n) is 16.8. The third kappa shape index (κ3) is 5.47. The van der Waals surface area contributed by atoms with Gasteiger partial charge >= 0.3 is 5.69 Å². The maximum Gasteiger partial charge on any atom is 0.330 e. The molecule has 1 aromatic rings. The molecule has 1 saturated carbocycles. The molecule has 1 aromatic heterocycles. The summed E-state index contributed by atoms with van der Waals surface area (Å²) in [6, 6.07) is 0. The number of carbonyl (C=O) groups is 1. The molecule has 1 heterocycles. The quantitative estimate of drug-likeness (QED) is 0.611. The molecule has 0 atom stereocenters. The van der Waals surface area contributed by atoms with Gasteiger partial charge in [-0.1, -0.05) is 46.0 Å². The zero-order chi connectivity index (χ0) is 19.8. The SMILES string of the molecule is CCCCCN(C(=O)CC1CCCC1)c1c(N)n(CCCC)c(=O)[nH]c1=O. The van der Waals surface area contributed by atoms with Crippen LogP contribution in [0, 0.1) is 5.92 Å². The lowest BCUT2D eigenvalue weighted by Gasteiger charge is -2.25. The van der Waals surface area contributed by atoms with Crippen LogP contribution < -0.4 is 21.9 Å². The number of unbranched alkanes of at least 4 members (excludes halogenated alkanes) is 3. The zero-order valence-corrected chi connectivity index (χ0v) is 16.8. The highest BCUT2D eigenvalue weighted by molar-refractivity contribution is 5.95. The normalized spacial score (nSPS) is 14.6. The second-order valence-electron chi connectivity index (χ2n) is 7.61. The Labute approximate surface area is 160 Å². The summed E-state index contributed by atoms with van der Waals surface area (Å²) in [4.78, 5) is 41.7. The third-order valence-electron chi connectivity index (χ3n) is 5.44. The summed E-state index contributed by atoms with van der Waals surface area (Å²) in [6.07, 6.45) is 9.39. The van der Waals surface area contributed by atoms with E-state index in [2.05, 4.69) is 11.9 Å². The molecule has 2 rings (SSSR count). The van der Waals surface area contributed by atoms with E-state index in [1.807, 2.05) is 6.92 Å². The van der Waals surface area contributed by atoms with Crippen molar-refractivity contribution in [3.8, 4) is 0 Å². The molecular formula is C20H34N4O3. The van der Waals surface area contributed by atoms with Crippen LogP contribution in [0.5, 0.6) is 0 Å². The molecule has 0 bridgehead atoms. The fourth-order valence-corrected chi connectivity index (χ4v) is 3.83. The smallest absolute Gasteiger partial charge is 0.330 e. The molecule has 0 radical (unpaired) electrons. The Hall–Kier alpha value is -2.05. The molecule has 0 spiro atoms. The summed E-state index contributed by atoms with van der Waals surface area (Å²) in [6.45, 7) is 5.01. The Balaban J connectivity index is 2.36. The number of hydrogen-bond donors (Lipinski definition) is 2. The number of rotatable bonds is 10. The number of nitrogens with zero attached hydrogens (tertiary/aromatic N) is 2. The van der Waals surface area contributed by atoms with Crippen LogP contribution in [0.2, 0.25) is 0 Å². The number of nitrogen functional groups attached to an aromatic ring is 1. The van der Waals surface area contributed by atoms with Crippen LogP contribution in [0.25, 0.3) is 0 Å². The van der Waals surface area contributed by atoms with Crippen molar-refractivity contribution >= 4 is 17.4 Å². The van der Waals surface area contributed by atoms with Gasteiger partial charge in [-0.05, 0) is 31.6 Å². The monoisotopic (exact) mass is 378 g/mol.